The van der Waals surface area contributed by atoms with E-state index >= 15 is 0 Å². The number of ether oxygens (including phenoxy) is 2. The first-order chi connectivity index (χ1) is 15.2. The third kappa shape index (κ3) is 6.88. The van der Waals surface area contributed by atoms with Crippen LogP contribution in [0.1, 0.15) is 29.2 Å². The summed E-state index contributed by atoms with van der Waals surface area (Å²) in [4.78, 5) is 33.2. The van der Waals surface area contributed by atoms with Crippen molar-refractivity contribution in [3.63, 3.8) is 0 Å². The first-order valence-electron chi connectivity index (χ1n) is 10.7. The van der Waals surface area contributed by atoms with Crippen LogP contribution in [0, 0.1) is 6.92 Å². The minimum absolute atomic E-state index is 0.0466. The summed E-state index contributed by atoms with van der Waals surface area (Å²) in [7, 11) is 6.62. The van der Waals surface area contributed by atoms with E-state index in [0.29, 0.717) is 31.0 Å². The molecule has 0 aliphatic heterocycles. The zero-order valence-electron chi connectivity index (χ0n) is 20.2. The monoisotopic (exact) mass is 461 g/mol. The Bertz CT molecular complexity index is 910. The number of aryl methyl sites for hydroxylation is 1. The molecule has 3 amide bonds. The van der Waals surface area contributed by atoms with Crippen LogP contribution in [0.2, 0.25) is 0 Å². The third-order valence-electron chi connectivity index (χ3n) is 5.17. The van der Waals surface area contributed by atoms with Crippen molar-refractivity contribution in [2.24, 2.45) is 0 Å². The molecule has 1 aromatic heterocycles. The molecular formula is C24H35N3O4S. The topological polar surface area (TPSA) is 62.3 Å². The van der Waals surface area contributed by atoms with Crippen molar-refractivity contribution in [3.05, 3.63) is 45.6 Å². The molecule has 0 unspecified atom stereocenters. The summed E-state index contributed by atoms with van der Waals surface area (Å²) in [6.45, 7) is 7.00. The first-order valence-corrected chi connectivity index (χ1v) is 11.5. The minimum atomic E-state index is -0.167. The summed E-state index contributed by atoms with van der Waals surface area (Å²) in [5.41, 5.74) is 1.05. The van der Waals surface area contributed by atoms with Crippen LogP contribution in [0.5, 0.6) is 11.5 Å². The molecule has 0 atom stereocenters. The van der Waals surface area contributed by atoms with Gasteiger partial charge in [-0.3, -0.25) is 4.79 Å². The number of nitrogens with zero attached hydrogens (tertiary/aromatic N) is 3. The van der Waals surface area contributed by atoms with E-state index in [1.807, 2.05) is 36.9 Å². The molecule has 0 N–H and O–H groups in total. The number of urea groups is 1. The van der Waals surface area contributed by atoms with E-state index < -0.39 is 0 Å². The van der Waals surface area contributed by atoms with Gasteiger partial charge in [0.15, 0.2) is 11.5 Å². The maximum Gasteiger partial charge on any atom is 0.320 e. The molecule has 7 nitrogen and oxygen atoms in total. The summed E-state index contributed by atoms with van der Waals surface area (Å²) < 4.78 is 10.7. The standard InChI is InChI=1S/C24H35N3O4S/c1-17(2)27(24(29)25(4)5)16-23(28)26(15-20-10-8-18(3)32-20)13-12-19-9-11-21(30-6)22(14-19)31-7/h8-11,14,17H,12-13,15-16H2,1-7H3. The van der Waals surface area contributed by atoms with Crippen LogP contribution in [0.25, 0.3) is 0 Å². The van der Waals surface area contributed by atoms with Crippen molar-refractivity contribution in [3.8, 4) is 11.5 Å². The van der Waals surface area contributed by atoms with Gasteiger partial charge in [0.25, 0.3) is 0 Å². The van der Waals surface area contributed by atoms with Crippen LogP contribution in [0.4, 0.5) is 4.79 Å². The predicted octanol–water partition coefficient (Wildman–Crippen LogP) is 4.04. The lowest BCUT2D eigenvalue weighted by Crippen LogP contribution is -2.49. The Morgan fingerprint density at radius 3 is 2.25 bits per heavy atom. The Morgan fingerprint density at radius 1 is 1.03 bits per heavy atom. The van der Waals surface area contributed by atoms with Crippen LogP contribution >= 0.6 is 11.3 Å². The highest BCUT2D eigenvalue weighted by Crippen LogP contribution is 2.28. The average molecular weight is 462 g/mol. The van der Waals surface area contributed by atoms with E-state index in [1.165, 1.54) is 9.78 Å². The smallest absolute Gasteiger partial charge is 0.320 e. The lowest BCUT2D eigenvalue weighted by molar-refractivity contribution is -0.132. The Labute approximate surface area is 195 Å². The first kappa shape index (κ1) is 25.5. The zero-order valence-corrected chi connectivity index (χ0v) is 21.0. The summed E-state index contributed by atoms with van der Waals surface area (Å²) in [6, 6.07) is 9.67. The van der Waals surface area contributed by atoms with Crippen LogP contribution in [0.15, 0.2) is 30.3 Å². The lowest BCUT2D eigenvalue weighted by Gasteiger charge is -2.31. The molecule has 0 radical (unpaired) electrons. The quantitative estimate of drug-likeness (QED) is 0.536. The van der Waals surface area contributed by atoms with Crippen molar-refractivity contribution in [1.82, 2.24) is 14.7 Å². The Morgan fingerprint density at radius 2 is 1.72 bits per heavy atom. The number of methoxy groups -OCH3 is 2. The van der Waals surface area contributed by atoms with Gasteiger partial charge in [0.2, 0.25) is 5.91 Å². The molecule has 0 bridgehead atoms. The second-order valence-corrected chi connectivity index (χ2v) is 9.54. The van der Waals surface area contributed by atoms with E-state index in [1.54, 1.807) is 44.6 Å². The fraction of sp³-hybridized carbons (Fsp3) is 0.500. The van der Waals surface area contributed by atoms with Gasteiger partial charge in [-0.25, -0.2) is 4.79 Å². The average Bonchev–Trinajstić information content (AvgIpc) is 3.18. The zero-order chi connectivity index (χ0) is 23.8. The summed E-state index contributed by atoms with van der Waals surface area (Å²) >= 11 is 1.68. The summed E-state index contributed by atoms with van der Waals surface area (Å²) in [5, 5.41) is 0. The number of benzene rings is 1. The largest absolute Gasteiger partial charge is 0.493 e. The summed E-state index contributed by atoms with van der Waals surface area (Å²) in [6.07, 6.45) is 0.666. The SMILES string of the molecule is COc1ccc(CCN(Cc2ccc(C)s2)C(=O)CN(C(=O)N(C)C)C(C)C)cc1OC. The number of rotatable bonds is 10. The number of thiophene rings is 1. The van der Waals surface area contributed by atoms with Gasteiger partial charge < -0.3 is 24.2 Å². The fourth-order valence-corrected chi connectivity index (χ4v) is 4.23. The molecule has 176 valence electrons. The number of amides is 3. The van der Waals surface area contributed by atoms with Gasteiger partial charge in [0.05, 0.1) is 20.8 Å². The van der Waals surface area contributed by atoms with Crippen LogP contribution in [0.3, 0.4) is 0 Å². The van der Waals surface area contributed by atoms with Crippen molar-refractivity contribution in [2.75, 3.05) is 41.4 Å². The van der Waals surface area contributed by atoms with Gasteiger partial charge in [-0.2, -0.15) is 0 Å². The number of hydrogen-bond donors (Lipinski definition) is 0. The molecule has 32 heavy (non-hydrogen) atoms. The molecule has 1 aromatic carbocycles. The van der Waals surface area contributed by atoms with Crippen LogP contribution < -0.4 is 9.47 Å². The molecule has 2 rings (SSSR count). The molecule has 0 saturated heterocycles. The minimum Gasteiger partial charge on any atom is -0.493 e. The Kier molecular flexibility index (Phi) is 9.38. The van der Waals surface area contributed by atoms with Gasteiger partial charge in [-0.1, -0.05) is 6.07 Å². The second kappa shape index (κ2) is 11.8. The molecule has 1 heterocycles. The van der Waals surface area contributed by atoms with Gasteiger partial charge in [-0.15, -0.1) is 11.3 Å². The molecule has 8 heteroatoms. The fourth-order valence-electron chi connectivity index (χ4n) is 3.32. The Hall–Kier alpha value is -2.74. The highest BCUT2D eigenvalue weighted by Gasteiger charge is 2.25. The van der Waals surface area contributed by atoms with Gasteiger partial charge in [0, 0.05) is 36.4 Å². The van der Waals surface area contributed by atoms with E-state index in [9.17, 15) is 9.59 Å². The van der Waals surface area contributed by atoms with Gasteiger partial charge in [-0.05, 0) is 57.0 Å². The van der Waals surface area contributed by atoms with Crippen molar-refractivity contribution < 1.29 is 19.1 Å². The second-order valence-electron chi connectivity index (χ2n) is 8.17. The summed E-state index contributed by atoms with van der Waals surface area (Å²) in [5.74, 6) is 1.27. The van der Waals surface area contributed by atoms with E-state index in [-0.39, 0.29) is 24.5 Å². The van der Waals surface area contributed by atoms with Gasteiger partial charge in [0.1, 0.15) is 6.54 Å². The molecule has 0 aliphatic carbocycles. The molecule has 0 saturated carbocycles. The number of hydrogen-bond acceptors (Lipinski definition) is 5. The van der Waals surface area contributed by atoms with Crippen LogP contribution in [-0.4, -0.2) is 74.1 Å². The van der Waals surface area contributed by atoms with Crippen LogP contribution in [-0.2, 0) is 17.8 Å². The third-order valence-corrected chi connectivity index (χ3v) is 6.16. The maximum absolute atomic E-state index is 13.3. The molecule has 0 spiro atoms. The Balaban J connectivity index is 2.19. The van der Waals surface area contributed by atoms with Crippen molar-refractivity contribution >= 4 is 23.3 Å². The number of carbonyl (C=O) groups is 2. The van der Waals surface area contributed by atoms with E-state index in [0.717, 1.165) is 10.4 Å². The highest BCUT2D eigenvalue weighted by molar-refractivity contribution is 7.11. The number of carbonyl (C=O) groups excluding carboxylic acids is 2. The van der Waals surface area contributed by atoms with Gasteiger partial charge >= 0.3 is 6.03 Å². The lowest BCUT2D eigenvalue weighted by atomic mass is 10.1. The van der Waals surface area contributed by atoms with Crippen molar-refractivity contribution in [2.45, 2.75) is 39.8 Å². The normalized spacial score (nSPS) is 10.8. The maximum atomic E-state index is 13.3. The molecule has 0 aliphatic rings. The van der Waals surface area contributed by atoms with E-state index in [2.05, 4.69) is 19.1 Å². The molecular weight excluding hydrogens is 426 g/mol. The molecule has 2 aromatic rings. The van der Waals surface area contributed by atoms with E-state index in [4.69, 9.17) is 9.47 Å². The predicted molar refractivity (Wildman–Crippen MR) is 129 cm³/mol. The van der Waals surface area contributed by atoms with Crippen molar-refractivity contribution in [1.29, 1.82) is 0 Å². The highest BCUT2D eigenvalue weighted by atomic mass is 32.1. The molecule has 0 fully saturated rings.